The van der Waals surface area contributed by atoms with Crippen molar-refractivity contribution < 1.29 is 42.1 Å². The average Bonchev–Trinajstić information content (AvgIpc) is 2.99. The van der Waals surface area contributed by atoms with Crippen LogP contribution in [0.15, 0.2) is 79.1 Å². The SMILES string of the molecule is CCOc1cc(C(Nc2ccc3cnccc3c2)C(=O)NCc2cccc(NC(C)=O)c2)ccc1OC(C)C.O=C(O)C(F)(F)F. The molecular formula is C33H35F3N4O6. The molecule has 0 spiro atoms. The zero-order chi connectivity index (χ0) is 33.9. The average molecular weight is 641 g/mol. The number of pyridine rings is 1. The number of nitrogens with zero attached hydrogens (tertiary/aromatic N) is 1. The number of alkyl halides is 3. The molecule has 244 valence electrons. The molecule has 10 nitrogen and oxygen atoms in total. The lowest BCUT2D eigenvalue weighted by Gasteiger charge is -2.22. The highest BCUT2D eigenvalue weighted by molar-refractivity contribution is 5.90. The molecular weight excluding hydrogens is 605 g/mol. The van der Waals surface area contributed by atoms with Crippen LogP contribution in [0.4, 0.5) is 24.5 Å². The second kappa shape index (κ2) is 16.1. The number of nitrogens with one attached hydrogen (secondary N) is 3. The van der Waals surface area contributed by atoms with Crippen LogP contribution in [-0.4, -0.2) is 46.8 Å². The van der Waals surface area contributed by atoms with Crippen molar-refractivity contribution >= 4 is 39.9 Å². The Morgan fingerprint density at radius 3 is 2.33 bits per heavy atom. The number of ether oxygens (including phenoxy) is 2. The highest BCUT2D eigenvalue weighted by Gasteiger charge is 2.38. The van der Waals surface area contributed by atoms with Crippen molar-refractivity contribution in [1.29, 1.82) is 0 Å². The zero-order valence-corrected chi connectivity index (χ0v) is 25.6. The second-order valence-corrected chi connectivity index (χ2v) is 10.2. The molecule has 13 heteroatoms. The van der Waals surface area contributed by atoms with Gasteiger partial charge < -0.3 is 30.5 Å². The molecule has 1 aromatic heterocycles. The second-order valence-electron chi connectivity index (χ2n) is 10.2. The number of anilines is 2. The van der Waals surface area contributed by atoms with Gasteiger partial charge in [-0.15, -0.1) is 0 Å². The number of amides is 2. The van der Waals surface area contributed by atoms with Crippen LogP contribution in [-0.2, 0) is 20.9 Å². The highest BCUT2D eigenvalue weighted by Crippen LogP contribution is 2.33. The molecule has 4 N–H and O–H groups in total. The Labute approximate surface area is 263 Å². The molecule has 0 aliphatic heterocycles. The number of benzene rings is 3. The topological polar surface area (TPSA) is 139 Å². The van der Waals surface area contributed by atoms with Crippen molar-refractivity contribution in [3.63, 3.8) is 0 Å². The van der Waals surface area contributed by atoms with Crippen LogP contribution in [0.2, 0.25) is 0 Å². The number of hydrogen-bond acceptors (Lipinski definition) is 7. The first-order chi connectivity index (χ1) is 21.8. The van der Waals surface area contributed by atoms with Crippen LogP contribution in [0.25, 0.3) is 10.8 Å². The van der Waals surface area contributed by atoms with Crippen LogP contribution >= 0.6 is 0 Å². The van der Waals surface area contributed by atoms with Gasteiger partial charge in [0.15, 0.2) is 11.5 Å². The first-order valence-corrected chi connectivity index (χ1v) is 14.2. The molecule has 46 heavy (non-hydrogen) atoms. The van der Waals surface area contributed by atoms with Gasteiger partial charge in [0, 0.05) is 42.6 Å². The van der Waals surface area contributed by atoms with Gasteiger partial charge in [-0.1, -0.05) is 24.3 Å². The number of carboxylic acids is 1. The van der Waals surface area contributed by atoms with Crippen LogP contribution in [0.3, 0.4) is 0 Å². The largest absolute Gasteiger partial charge is 0.490 e. The van der Waals surface area contributed by atoms with E-state index < -0.39 is 18.2 Å². The minimum absolute atomic E-state index is 0.0207. The van der Waals surface area contributed by atoms with Gasteiger partial charge in [0.2, 0.25) is 11.8 Å². The third-order valence-electron chi connectivity index (χ3n) is 6.13. The fourth-order valence-corrected chi connectivity index (χ4v) is 4.22. The van der Waals surface area contributed by atoms with E-state index in [0.29, 0.717) is 30.3 Å². The Hall–Kier alpha value is -5.33. The Kier molecular flexibility index (Phi) is 12.3. The summed E-state index contributed by atoms with van der Waals surface area (Å²) in [5, 5.41) is 18.4. The monoisotopic (exact) mass is 640 g/mol. The Balaban J connectivity index is 0.000000738. The lowest BCUT2D eigenvalue weighted by Crippen LogP contribution is -2.33. The normalized spacial score (nSPS) is 11.6. The van der Waals surface area contributed by atoms with Crippen molar-refractivity contribution in [3.8, 4) is 11.5 Å². The van der Waals surface area contributed by atoms with Crippen molar-refractivity contribution in [1.82, 2.24) is 10.3 Å². The number of carboxylic acid groups (broad SMARTS) is 1. The molecule has 3 aromatic carbocycles. The van der Waals surface area contributed by atoms with Crippen molar-refractivity contribution in [2.45, 2.75) is 52.6 Å². The quantitative estimate of drug-likeness (QED) is 0.146. The van der Waals surface area contributed by atoms with Crippen molar-refractivity contribution in [3.05, 3.63) is 90.3 Å². The number of rotatable bonds is 11. The standard InChI is InChI=1S/C31H34N4O4.C2HF3O2/c1-5-38-29-17-24(10-12-28(29)39-20(2)3)30(35-27-11-9-25-19-32-14-13-23(25)16-27)31(37)33-18-22-7-6-8-26(15-22)34-21(4)36;3-2(4,5)1(6)7/h6-17,19-20,30,35H,5,18H2,1-4H3,(H,33,37)(H,34,36);(H,6,7). The maximum Gasteiger partial charge on any atom is 0.490 e. The van der Waals surface area contributed by atoms with Gasteiger partial charge in [-0.3, -0.25) is 14.6 Å². The zero-order valence-electron chi connectivity index (χ0n) is 25.6. The predicted molar refractivity (Wildman–Crippen MR) is 168 cm³/mol. The molecule has 0 radical (unpaired) electrons. The van der Waals surface area contributed by atoms with Crippen LogP contribution < -0.4 is 25.4 Å². The van der Waals surface area contributed by atoms with E-state index in [-0.39, 0.29) is 17.9 Å². The number of aromatic nitrogens is 1. The molecule has 0 saturated heterocycles. The molecule has 1 unspecified atom stereocenters. The maximum atomic E-state index is 13.7. The third-order valence-corrected chi connectivity index (χ3v) is 6.13. The molecule has 0 fully saturated rings. The van der Waals surface area contributed by atoms with Gasteiger partial charge in [-0.05, 0) is 79.7 Å². The van der Waals surface area contributed by atoms with Gasteiger partial charge in [-0.25, -0.2) is 4.79 Å². The first-order valence-electron chi connectivity index (χ1n) is 14.2. The number of carbonyl (C=O) groups is 3. The van der Waals surface area contributed by atoms with Gasteiger partial charge in [0.25, 0.3) is 0 Å². The van der Waals surface area contributed by atoms with E-state index in [1.807, 2.05) is 87.5 Å². The fourth-order valence-electron chi connectivity index (χ4n) is 4.22. The van der Waals surface area contributed by atoms with E-state index in [1.54, 1.807) is 12.4 Å². The number of aliphatic carboxylic acids is 1. The number of fused-ring (bicyclic) bond motifs is 1. The number of halogens is 3. The number of hydrogen-bond donors (Lipinski definition) is 4. The molecule has 1 atom stereocenters. The lowest BCUT2D eigenvalue weighted by atomic mass is 10.0. The van der Waals surface area contributed by atoms with Crippen molar-refractivity contribution in [2.24, 2.45) is 0 Å². The molecule has 0 aliphatic carbocycles. The minimum atomic E-state index is -5.08. The Bertz CT molecular complexity index is 1660. The first kappa shape index (κ1) is 35.2. The maximum absolute atomic E-state index is 13.7. The highest BCUT2D eigenvalue weighted by atomic mass is 19.4. The van der Waals surface area contributed by atoms with E-state index in [9.17, 15) is 22.8 Å². The lowest BCUT2D eigenvalue weighted by molar-refractivity contribution is -0.192. The molecule has 0 saturated carbocycles. The van der Waals surface area contributed by atoms with Crippen LogP contribution in [0, 0.1) is 0 Å². The predicted octanol–water partition coefficient (Wildman–Crippen LogP) is 6.48. The number of carbonyl (C=O) groups excluding carboxylic acids is 2. The van der Waals surface area contributed by atoms with Crippen molar-refractivity contribution in [2.75, 3.05) is 17.2 Å². The summed E-state index contributed by atoms with van der Waals surface area (Å²) in [5.41, 5.74) is 3.06. The van der Waals surface area contributed by atoms with Gasteiger partial charge in [-0.2, -0.15) is 13.2 Å². The van der Waals surface area contributed by atoms with E-state index in [4.69, 9.17) is 19.4 Å². The summed E-state index contributed by atoms with van der Waals surface area (Å²) in [7, 11) is 0. The summed E-state index contributed by atoms with van der Waals surface area (Å²) in [4.78, 5) is 38.2. The minimum Gasteiger partial charge on any atom is -0.490 e. The van der Waals surface area contributed by atoms with E-state index in [0.717, 1.165) is 27.6 Å². The summed E-state index contributed by atoms with van der Waals surface area (Å²) in [6.45, 7) is 8.04. The van der Waals surface area contributed by atoms with E-state index in [1.165, 1.54) is 6.92 Å². The Morgan fingerprint density at radius 1 is 0.935 bits per heavy atom. The molecule has 0 aliphatic rings. The third kappa shape index (κ3) is 10.7. The summed E-state index contributed by atoms with van der Waals surface area (Å²) in [6, 6.07) is 20.1. The summed E-state index contributed by atoms with van der Waals surface area (Å²) in [5.74, 6) is -1.91. The molecule has 0 bridgehead atoms. The molecule has 2 amide bonds. The molecule has 4 aromatic rings. The smallest absolute Gasteiger partial charge is 0.490 e. The van der Waals surface area contributed by atoms with Gasteiger partial charge in [0.05, 0.1) is 12.7 Å². The molecule has 4 rings (SSSR count). The fraction of sp³-hybridized carbons (Fsp3) is 0.273. The van der Waals surface area contributed by atoms with E-state index >= 15 is 0 Å². The van der Waals surface area contributed by atoms with Crippen LogP contribution in [0.5, 0.6) is 11.5 Å². The summed E-state index contributed by atoms with van der Waals surface area (Å²) < 4.78 is 43.5. The van der Waals surface area contributed by atoms with Gasteiger partial charge >= 0.3 is 12.1 Å². The Morgan fingerprint density at radius 2 is 1.67 bits per heavy atom. The van der Waals surface area contributed by atoms with Crippen LogP contribution in [0.1, 0.15) is 44.9 Å². The van der Waals surface area contributed by atoms with E-state index in [2.05, 4.69) is 20.9 Å². The summed E-state index contributed by atoms with van der Waals surface area (Å²) >= 11 is 0. The molecule has 1 heterocycles. The summed E-state index contributed by atoms with van der Waals surface area (Å²) in [6.07, 6.45) is -1.56. The van der Waals surface area contributed by atoms with Gasteiger partial charge in [0.1, 0.15) is 6.04 Å².